The first-order valence-corrected chi connectivity index (χ1v) is 6.98. The lowest BCUT2D eigenvalue weighted by Gasteiger charge is -2.39. The lowest BCUT2D eigenvalue weighted by atomic mass is 9.70. The summed E-state index contributed by atoms with van der Waals surface area (Å²) in [7, 11) is 1.93. The third-order valence-electron chi connectivity index (χ3n) is 4.18. The molecule has 1 saturated carbocycles. The van der Waals surface area contributed by atoms with Crippen LogP contribution < -0.4 is 4.90 Å². The van der Waals surface area contributed by atoms with Gasteiger partial charge in [0.2, 0.25) is 0 Å². The Hall–Kier alpha value is -1.38. The minimum atomic E-state index is -0.265. The Morgan fingerprint density at radius 3 is 2.95 bits per heavy atom. The van der Waals surface area contributed by atoms with Crippen molar-refractivity contribution in [2.45, 2.75) is 32.6 Å². The number of anilines is 1. The van der Waals surface area contributed by atoms with E-state index in [1.807, 2.05) is 18.0 Å². The van der Waals surface area contributed by atoms with E-state index in [0.29, 0.717) is 12.5 Å². The van der Waals surface area contributed by atoms with Gasteiger partial charge in [0.1, 0.15) is 12.1 Å². The molecule has 0 N–H and O–H groups in total. The van der Waals surface area contributed by atoms with Gasteiger partial charge >= 0.3 is 0 Å². The summed E-state index contributed by atoms with van der Waals surface area (Å²) in [5.41, 5.74) is 0.568. The molecule has 1 aromatic rings. The Balaban J connectivity index is 2.11. The summed E-state index contributed by atoms with van der Waals surface area (Å²) in [6.45, 7) is 2.88. The van der Waals surface area contributed by atoms with Crippen LogP contribution in [-0.2, 0) is 4.79 Å². The molecule has 1 fully saturated rings. The van der Waals surface area contributed by atoms with Crippen molar-refractivity contribution >= 4 is 12.0 Å². The molecule has 0 saturated heterocycles. The Bertz CT molecular complexity index is 448. The standard InChI is InChI=1S/C16H22FNO/c1-13-5-4-8-16(10-13,12-19)11-18(2)15-7-3-6-14(17)9-15/h3,6-7,9,12-13H,4-5,8,10-11H2,1-2H3. The SMILES string of the molecule is CC1CCCC(C=O)(CN(C)c2cccc(F)c2)C1. The fourth-order valence-electron chi connectivity index (χ4n) is 3.27. The van der Waals surface area contributed by atoms with Gasteiger partial charge in [0.05, 0.1) is 0 Å². The lowest BCUT2D eigenvalue weighted by Crippen LogP contribution is -2.40. The van der Waals surface area contributed by atoms with Crippen molar-refractivity contribution in [2.75, 3.05) is 18.5 Å². The molecule has 104 valence electrons. The molecule has 0 heterocycles. The van der Waals surface area contributed by atoms with Gasteiger partial charge in [-0.05, 0) is 37.0 Å². The Labute approximate surface area is 114 Å². The average Bonchev–Trinajstić information content (AvgIpc) is 2.38. The number of aldehydes is 1. The zero-order valence-electron chi connectivity index (χ0n) is 11.7. The third-order valence-corrected chi connectivity index (χ3v) is 4.18. The van der Waals surface area contributed by atoms with Gasteiger partial charge in [-0.2, -0.15) is 0 Å². The Kier molecular flexibility index (Phi) is 4.23. The first-order chi connectivity index (χ1) is 9.04. The summed E-state index contributed by atoms with van der Waals surface area (Å²) in [6, 6.07) is 6.55. The van der Waals surface area contributed by atoms with Crippen LogP contribution >= 0.6 is 0 Å². The molecule has 0 spiro atoms. The first-order valence-electron chi connectivity index (χ1n) is 6.98. The summed E-state index contributed by atoms with van der Waals surface area (Å²) in [5.74, 6) is 0.362. The summed E-state index contributed by atoms with van der Waals surface area (Å²) in [6.07, 6.45) is 5.32. The molecule has 2 unspecified atom stereocenters. The van der Waals surface area contributed by atoms with Crippen molar-refractivity contribution in [3.05, 3.63) is 30.1 Å². The fourth-order valence-corrected chi connectivity index (χ4v) is 3.27. The molecule has 0 aliphatic heterocycles. The topological polar surface area (TPSA) is 20.3 Å². The van der Waals surface area contributed by atoms with E-state index in [0.717, 1.165) is 31.2 Å². The van der Waals surface area contributed by atoms with Crippen LogP contribution in [0.15, 0.2) is 24.3 Å². The number of nitrogens with zero attached hydrogens (tertiary/aromatic N) is 1. The van der Waals surface area contributed by atoms with Crippen LogP contribution in [0.4, 0.5) is 10.1 Å². The monoisotopic (exact) mass is 263 g/mol. The molecular formula is C16H22FNO. The molecule has 2 atom stereocenters. The highest BCUT2D eigenvalue weighted by Gasteiger charge is 2.35. The second kappa shape index (κ2) is 5.72. The van der Waals surface area contributed by atoms with Gasteiger partial charge in [0.25, 0.3) is 0 Å². The van der Waals surface area contributed by atoms with E-state index in [9.17, 15) is 9.18 Å². The predicted octanol–water partition coefficient (Wildman–Crippen LogP) is 3.66. The van der Waals surface area contributed by atoms with Crippen molar-refractivity contribution < 1.29 is 9.18 Å². The second-order valence-electron chi connectivity index (χ2n) is 6.02. The second-order valence-corrected chi connectivity index (χ2v) is 6.02. The number of hydrogen-bond acceptors (Lipinski definition) is 2. The zero-order valence-corrected chi connectivity index (χ0v) is 11.7. The fraction of sp³-hybridized carbons (Fsp3) is 0.562. The molecule has 1 aliphatic carbocycles. The van der Waals surface area contributed by atoms with E-state index in [2.05, 4.69) is 6.92 Å². The van der Waals surface area contributed by atoms with Crippen molar-refractivity contribution in [1.29, 1.82) is 0 Å². The molecule has 1 aromatic carbocycles. The van der Waals surface area contributed by atoms with E-state index in [4.69, 9.17) is 0 Å². The summed E-state index contributed by atoms with van der Waals surface area (Å²) in [5, 5.41) is 0. The Morgan fingerprint density at radius 1 is 1.53 bits per heavy atom. The molecule has 19 heavy (non-hydrogen) atoms. The lowest BCUT2D eigenvalue weighted by molar-refractivity contribution is -0.118. The number of halogens is 1. The van der Waals surface area contributed by atoms with Crippen molar-refractivity contribution in [3.8, 4) is 0 Å². The third kappa shape index (κ3) is 3.34. The van der Waals surface area contributed by atoms with Gasteiger partial charge in [-0.3, -0.25) is 0 Å². The summed E-state index contributed by atoms with van der Waals surface area (Å²) >= 11 is 0. The minimum absolute atomic E-state index is 0.235. The van der Waals surface area contributed by atoms with Crippen LogP contribution in [0.1, 0.15) is 32.6 Å². The normalized spacial score (nSPS) is 27.0. The van der Waals surface area contributed by atoms with E-state index in [1.165, 1.54) is 18.6 Å². The number of carbonyl (C=O) groups excluding carboxylic acids is 1. The highest BCUT2D eigenvalue weighted by molar-refractivity contribution is 5.62. The van der Waals surface area contributed by atoms with Gasteiger partial charge in [-0.15, -0.1) is 0 Å². The van der Waals surface area contributed by atoms with E-state index >= 15 is 0 Å². The van der Waals surface area contributed by atoms with Gasteiger partial charge in [0, 0.05) is 24.7 Å². The number of carbonyl (C=O) groups is 1. The van der Waals surface area contributed by atoms with Crippen LogP contribution in [0.25, 0.3) is 0 Å². The highest BCUT2D eigenvalue weighted by atomic mass is 19.1. The number of hydrogen-bond donors (Lipinski definition) is 0. The average molecular weight is 263 g/mol. The summed E-state index contributed by atoms with van der Waals surface area (Å²) < 4.78 is 13.2. The maximum atomic E-state index is 13.2. The number of benzene rings is 1. The van der Waals surface area contributed by atoms with E-state index in [1.54, 1.807) is 6.07 Å². The van der Waals surface area contributed by atoms with Gasteiger partial charge in [-0.1, -0.05) is 25.8 Å². The molecule has 3 heteroatoms. The van der Waals surface area contributed by atoms with Crippen molar-refractivity contribution in [3.63, 3.8) is 0 Å². The van der Waals surface area contributed by atoms with E-state index in [-0.39, 0.29) is 11.2 Å². The molecule has 1 aliphatic rings. The quantitative estimate of drug-likeness (QED) is 0.773. The number of rotatable bonds is 4. The largest absolute Gasteiger partial charge is 0.374 e. The van der Waals surface area contributed by atoms with Crippen molar-refractivity contribution in [1.82, 2.24) is 0 Å². The highest BCUT2D eigenvalue weighted by Crippen LogP contribution is 2.38. The maximum absolute atomic E-state index is 13.2. The molecular weight excluding hydrogens is 241 g/mol. The Morgan fingerprint density at radius 2 is 2.32 bits per heavy atom. The van der Waals surface area contributed by atoms with Crippen LogP contribution in [-0.4, -0.2) is 19.9 Å². The van der Waals surface area contributed by atoms with Crippen LogP contribution in [0.2, 0.25) is 0 Å². The predicted molar refractivity (Wildman–Crippen MR) is 75.8 cm³/mol. The molecule has 0 amide bonds. The zero-order chi connectivity index (χ0) is 13.9. The molecule has 2 nitrogen and oxygen atoms in total. The molecule has 0 bridgehead atoms. The van der Waals surface area contributed by atoms with Gasteiger partial charge in [0.15, 0.2) is 0 Å². The van der Waals surface area contributed by atoms with Crippen LogP contribution in [0.5, 0.6) is 0 Å². The first kappa shape index (κ1) is 14.0. The van der Waals surface area contributed by atoms with Crippen LogP contribution in [0, 0.1) is 17.2 Å². The van der Waals surface area contributed by atoms with Gasteiger partial charge in [-0.25, -0.2) is 4.39 Å². The summed E-state index contributed by atoms with van der Waals surface area (Å²) in [4.78, 5) is 13.6. The molecule has 0 radical (unpaired) electrons. The van der Waals surface area contributed by atoms with Crippen LogP contribution in [0.3, 0.4) is 0 Å². The van der Waals surface area contributed by atoms with E-state index < -0.39 is 0 Å². The molecule has 2 rings (SSSR count). The molecule has 0 aromatic heterocycles. The van der Waals surface area contributed by atoms with Gasteiger partial charge < -0.3 is 9.69 Å². The maximum Gasteiger partial charge on any atom is 0.127 e. The smallest absolute Gasteiger partial charge is 0.127 e. The van der Waals surface area contributed by atoms with Crippen molar-refractivity contribution in [2.24, 2.45) is 11.3 Å². The minimum Gasteiger partial charge on any atom is -0.374 e.